The molecule has 1 heterocycles. The van der Waals surface area contributed by atoms with E-state index in [-0.39, 0.29) is 5.82 Å². The van der Waals surface area contributed by atoms with Crippen molar-refractivity contribution in [1.82, 2.24) is 9.55 Å². The number of aromatic nitrogens is 2. The van der Waals surface area contributed by atoms with Crippen LogP contribution in [-0.4, -0.2) is 21.1 Å². The van der Waals surface area contributed by atoms with Gasteiger partial charge in [0.15, 0.2) is 0 Å². The Morgan fingerprint density at radius 2 is 2.19 bits per heavy atom. The van der Waals surface area contributed by atoms with E-state index < -0.39 is 4.92 Å². The molecule has 0 amide bonds. The van der Waals surface area contributed by atoms with Gasteiger partial charge in [0, 0.05) is 12.1 Å². The fraction of sp³-hybridized carbons (Fsp3) is 0.400. The van der Waals surface area contributed by atoms with Gasteiger partial charge in [0.05, 0.1) is 6.61 Å². The number of nitro groups is 1. The molecule has 2 rings (SSSR count). The Morgan fingerprint density at radius 1 is 1.43 bits per heavy atom. The first-order valence-corrected chi connectivity index (χ1v) is 6.96. The second-order valence-electron chi connectivity index (χ2n) is 5.19. The molecule has 0 fully saturated rings. The Kier molecular flexibility index (Phi) is 4.57. The number of hydrogen-bond donors (Lipinski definition) is 0. The zero-order valence-electron chi connectivity index (χ0n) is 12.4. The van der Waals surface area contributed by atoms with Gasteiger partial charge in [-0.25, -0.2) is 0 Å². The first-order valence-electron chi connectivity index (χ1n) is 6.96. The summed E-state index contributed by atoms with van der Waals surface area (Å²) >= 11 is 0. The van der Waals surface area contributed by atoms with Crippen LogP contribution in [0.2, 0.25) is 0 Å². The van der Waals surface area contributed by atoms with Gasteiger partial charge in [-0.15, -0.1) is 0 Å². The van der Waals surface area contributed by atoms with Crippen LogP contribution in [0.5, 0.6) is 5.75 Å². The molecule has 1 aromatic heterocycles. The first-order chi connectivity index (χ1) is 10.0. The van der Waals surface area contributed by atoms with Crippen LogP contribution in [0.1, 0.15) is 20.8 Å². The summed E-state index contributed by atoms with van der Waals surface area (Å²) < 4.78 is 7.30. The van der Waals surface area contributed by atoms with E-state index in [0.717, 1.165) is 11.3 Å². The molecule has 112 valence electrons. The average Bonchev–Trinajstić information content (AvgIpc) is 2.83. The van der Waals surface area contributed by atoms with E-state index in [1.54, 1.807) is 0 Å². The summed E-state index contributed by atoms with van der Waals surface area (Å²) in [5.74, 6) is 1.56. The molecule has 0 aliphatic heterocycles. The molecule has 0 radical (unpaired) electrons. The van der Waals surface area contributed by atoms with Gasteiger partial charge < -0.3 is 19.4 Å². The Bertz CT molecular complexity index is 635. The molecule has 0 unspecified atom stereocenters. The van der Waals surface area contributed by atoms with E-state index >= 15 is 0 Å². The smallest absolute Gasteiger partial charge is 0.382 e. The van der Waals surface area contributed by atoms with Crippen molar-refractivity contribution in [3.05, 3.63) is 40.6 Å². The Hall–Kier alpha value is -2.37. The van der Waals surface area contributed by atoms with E-state index in [1.807, 2.05) is 35.8 Å². The first kappa shape index (κ1) is 15.0. The second-order valence-corrected chi connectivity index (χ2v) is 5.19. The third-order valence-electron chi connectivity index (χ3n) is 2.92. The van der Waals surface area contributed by atoms with Crippen LogP contribution in [0.25, 0.3) is 11.4 Å². The molecule has 0 atom stereocenters. The lowest BCUT2D eigenvalue weighted by Gasteiger charge is -2.08. The van der Waals surface area contributed by atoms with Gasteiger partial charge in [0.25, 0.3) is 5.82 Å². The monoisotopic (exact) mass is 289 g/mol. The predicted octanol–water partition coefficient (Wildman–Crippen LogP) is 3.51. The minimum absolute atomic E-state index is 0.132. The fourth-order valence-corrected chi connectivity index (χ4v) is 2.14. The van der Waals surface area contributed by atoms with Crippen LogP contribution >= 0.6 is 0 Å². The molecule has 6 heteroatoms. The van der Waals surface area contributed by atoms with Crippen molar-refractivity contribution in [2.75, 3.05) is 6.61 Å². The number of hydrogen-bond acceptors (Lipinski definition) is 4. The molecule has 0 aliphatic carbocycles. The molecule has 0 N–H and O–H groups in total. The highest BCUT2D eigenvalue weighted by Crippen LogP contribution is 2.26. The number of ether oxygens (including phenoxy) is 1. The molecular weight excluding hydrogens is 270 g/mol. The fourth-order valence-electron chi connectivity index (χ4n) is 2.14. The maximum atomic E-state index is 11.0. The van der Waals surface area contributed by atoms with Crippen molar-refractivity contribution < 1.29 is 9.66 Å². The van der Waals surface area contributed by atoms with E-state index in [2.05, 4.69) is 18.8 Å². The summed E-state index contributed by atoms with van der Waals surface area (Å²) in [7, 11) is 0. The molecule has 0 saturated carbocycles. The predicted molar refractivity (Wildman–Crippen MR) is 80.3 cm³/mol. The van der Waals surface area contributed by atoms with Gasteiger partial charge in [-0.3, -0.25) is 0 Å². The second kappa shape index (κ2) is 6.39. The number of nitrogens with zero attached hydrogens (tertiary/aromatic N) is 3. The molecule has 6 nitrogen and oxygen atoms in total. The molecule has 21 heavy (non-hydrogen) atoms. The summed E-state index contributed by atoms with van der Waals surface area (Å²) in [4.78, 5) is 14.6. The highest BCUT2D eigenvalue weighted by atomic mass is 16.6. The van der Waals surface area contributed by atoms with Crippen molar-refractivity contribution in [2.45, 2.75) is 27.3 Å². The summed E-state index contributed by atoms with van der Waals surface area (Å²) in [6, 6.07) is 7.45. The summed E-state index contributed by atoms with van der Waals surface area (Å²) in [6.07, 6.45) is 1.49. The molecule has 0 aliphatic rings. The van der Waals surface area contributed by atoms with Crippen LogP contribution in [-0.2, 0) is 6.54 Å². The van der Waals surface area contributed by atoms with Gasteiger partial charge in [-0.2, -0.15) is 0 Å². The van der Waals surface area contributed by atoms with Crippen molar-refractivity contribution in [1.29, 1.82) is 0 Å². The average molecular weight is 289 g/mol. The zero-order chi connectivity index (χ0) is 15.4. The highest BCUT2D eigenvalue weighted by Gasteiger charge is 2.21. The van der Waals surface area contributed by atoms with Gasteiger partial charge in [0.1, 0.15) is 11.9 Å². The molecular formula is C15H19N3O3. The van der Waals surface area contributed by atoms with E-state index in [1.165, 1.54) is 6.20 Å². The van der Waals surface area contributed by atoms with Gasteiger partial charge >= 0.3 is 5.82 Å². The van der Waals surface area contributed by atoms with Gasteiger partial charge in [-0.05, 0) is 40.9 Å². The topological polar surface area (TPSA) is 70.2 Å². The van der Waals surface area contributed by atoms with Crippen molar-refractivity contribution >= 4 is 5.82 Å². The number of imidazole rings is 1. The van der Waals surface area contributed by atoms with Crippen LogP contribution in [0.4, 0.5) is 5.82 Å². The summed E-state index contributed by atoms with van der Waals surface area (Å²) in [5, 5.41) is 11.0. The van der Waals surface area contributed by atoms with Crippen LogP contribution in [0, 0.1) is 16.0 Å². The lowest BCUT2D eigenvalue weighted by atomic mass is 10.2. The molecule has 2 aromatic rings. The molecule has 0 spiro atoms. The molecule has 1 aromatic carbocycles. The Labute approximate surface area is 123 Å². The Balaban J connectivity index is 2.45. The number of rotatable bonds is 6. The highest BCUT2D eigenvalue weighted by molar-refractivity contribution is 5.59. The molecule has 0 bridgehead atoms. The maximum absolute atomic E-state index is 11.0. The quantitative estimate of drug-likeness (QED) is 0.602. The number of benzene rings is 1. The van der Waals surface area contributed by atoms with Crippen molar-refractivity contribution in [2.24, 2.45) is 5.92 Å². The minimum atomic E-state index is -0.466. The van der Waals surface area contributed by atoms with E-state index in [4.69, 9.17) is 4.74 Å². The zero-order valence-corrected chi connectivity index (χ0v) is 12.4. The normalized spacial score (nSPS) is 10.9. The standard InChI is InChI=1S/C15H19N3O3/c1-4-21-13-7-5-6-12(8-13)15-16-14(18(19)20)10-17(15)9-11(2)3/h5-8,10-11H,4,9H2,1-3H3. The maximum Gasteiger partial charge on any atom is 0.382 e. The lowest BCUT2D eigenvalue weighted by Crippen LogP contribution is -2.05. The van der Waals surface area contributed by atoms with Crippen LogP contribution in [0.15, 0.2) is 30.5 Å². The summed E-state index contributed by atoms with van der Waals surface area (Å²) in [5.41, 5.74) is 0.815. The third kappa shape index (κ3) is 3.59. The van der Waals surface area contributed by atoms with E-state index in [0.29, 0.717) is 24.9 Å². The minimum Gasteiger partial charge on any atom is -0.494 e. The van der Waals surface area contributed by atoms with Crippen LogP contribution < -0.4 is 4.74 Å². The van der Waals surface area contributed by atoms with Gasteiger partial charge in [0.2, 0.25) is 0 Å². The molecule has 0 saturated heterocycles. The van der Waals surface area contributed by atoms with Crippen molar-refractivity contribution in [3.63, 3.8) is 0 Å². The lowest BCUT2D eigenvalue weighted by molar-refractivity contribution is -0.389. The summed E-state index contributed by atoms with van der Waals surface area (Å²) in [6.45, 7) is 7.29. The van der Waals surface area contributed by atoms with Crippen molar-refractivity contribution in [3.8, 4) is 17.1 Å². The van der Waals surface area contributed by atoms with Crippen LogP contribution in [0.3, 0.4) is 0 Å². The largest absolute Gasteiger partial charge is 0.494 e. The Morgan fingerprint density at radius 3 is 2.81 bits per heavy atom. The van der Waals surface area contributed by atoms with Gasteiger partial charge in [-0.1, -0.05) is 19.9 Å². The SMILES string of the molecule is CCOc1cccc(-c2nc([N+](=O)[O-])cn2CC(C)C)c1. The van der Waals surface area contributed by atoms with E-state index in [9.17, 15) is 10.1 Å². The third-order valence-corrected chi connectivity index (χ3v) is 2.92.